The van der Waals surface area contributed by atoms with Gasteiger partial charge in [0.25, 0.3) is 0 Å². The normalized spacial score (nSPS) is 12.7. The van der Waals surface area contributed by atoms with E-state index >= 15 is 0 Å². The first-order valence-corrected chi connectivity index (χ1v) is 5.79. The monoisotopic (exact) mass is 251 g/mol. The second-order valence-electron chi connectivity index (χ2n) is 4.30. The zero-order chi connectivity index (χ0) is 13.1. The van der Waals surface area contributed by atoms with Crippen molar-refractivity contribution >= 4 is 0 Å². The smallest absolute Gasteiger partial charge is 0.128 e. The van der Waals surface area contributed by atoms with Gasteiger partial charge in [-0.05, 0) is 43.7 Å². The number of benzene rings is 1. The maximum atomic E-state index is 13.7. The van der Waals surface area contributed by atoms with E-state index in [4.69, 9.17) is 4.42 Å². The van der Waals surface area contributed by atoms with Crippen LogP contribution in [0.4, 0.5) is 8.78 Å². The molecule has 4 heteroatoms. The summed E-state index contributed by atoms with van der Waals surface area (Å²) in [5.74, 6) is -0.0266. The van der Waals surface area contributed by atoms with Crippen molar-refractivity contribution in [2.45, 2.75) is 26.4 Å². The van der Waals surface area contributed by atoms with E-state index in [2.05, 4.69) is 5.32 Å². The van der Waals surface area contributed by atoms with Crippen LogP contribution in [-0.4, -0.2) is 0 Å². The molecule has 1 aromatic heterocycles. The Labute approximate surface area is 105 Å². The van der Waals surface area contributed by atoms with Crippen molar-refractivity contribution in [2.75, 3.05) is 0 Å². The summed E-state index contributed by atoms with van der Waals surface area (Å²) >= 11 is 0. The maximum Gasteiger partial charge on any atom is 0.128 e. The molecule has 0 aliphatic rings. The van der Waals surface area contributed by atoms with E-state index in [1.54, 1.807) is 26.2 Å². The molecule has 96 valence electrons. The van der Waals surface area contributed by atoms with Gasteiger partial charge < -0.3 is 9.73 Å². The Morgan fingerprint density at radius 2 is 2.06 bits per heavy atom. The first kappa shape index (κ1) is 12.8. The molecule has 0 saturated carbocycles. The van der Waals surface area contributed by atoms with Crippen LogP contribution in [0.1, 0.15) is 29.9 Å². The summed E-state index contributed by atoms with van der Waals surface area (Å²) in [6, 6.07) is 5.78. The molecule has 0 radical (unpaired) electrons. The first-order chi connectivity index (χ1) is 8.58. The van der Waals surface area contributed by atoms with Gasteiger partial charge in [0.05, 0.1) is 12.8 Å². The summed E-state index contributed by atoms with van der Waals surface area (Å²) in [6.07, 6.45) is 1.58. The van der Waals surface area contributed by atoms with E-state index in [9.17, 15) is 8.78 Å². The quantitative estimate of drug-likeness (QED) is 0.896. The zero-order valence-corrected chi connectivity index (χ0v) is 10.3. The highest BCUT2D eigenvalue weighted by Crippen LogP contribution is 2.20. The molecule has 2 nitrogen and oxygen atoms in total. The highest BCUT2D eigenvalue weighted by atomic mass is 19.1. The number of aryl methyl sites for hydroxylation is 1. The van der Waals surface area contributed by atoms with E-state index in [1.165, 1.54) is 12.1 Å². The summed E-state index contributed by atoms with van der Waals surface area (Å²) in [4.78, 5) is 0. The first-order valence-electron chi connectivity index (χ1n) is 5.79. The third-order valence-corrected chi connectivity index (χ3v) is 2.91. The molecule has 0 bridgehead atoms. The number of hydrogen-bond acceptors (Lipinski definition) is 2. The van der Waals surface area contributed by atoms with Gasteiger partial charge in [0, 0.05) is 11.6 Å². The maximum absolute atomic E-state index is 13.7. The molecule has 2 rings (SSSR count). The number of nitrogens with one attached hydrogen (secondary N) is 1. The minimum Gasteiger partial charge on any atom is -0.468 e. The Morgan fingerprint density at radius 3 is 2.72 bits per heavy atom. The minimum absolute atomic E-state index is 0.287. The van der Waals surface area contributed by atoms with E-state index < -0.39 is 11.6 Å². The van der Waals surface area contributed by atoms with E-state index in [1.807, 2.05) is 6.07 Å². The molecular weight excluding hydrogens is 236 g/mol. The van der Waals surface area contributed by atoms with Gasteiger partial charge in [-0.25, -0.2) is 8.78 Å². The van der Waals surface area contributed by atoms with Crippen LogP contribution in [0.5, 0.6) is 0 Å². The minimum atomic E-state index is -0.395. The lowest BCUT2D eigenvalue weighted by Crippen LogP contribution is -2.19. The van der Waals surface area contributed by atoms with Gasteiger partial charge in [-0.15, -0.1) is 0 Å². The molecule has 1 N–H and O–H groups in total. The molecule has 2 aromatic rings. The molecule has 0 saturated heterocycles. The lowest BCUT2D eigenvalue weighted by molar-refractivity contribution is 0.451. The summed E-state index contributed by atoms with van der Waals surface area (Å²) in [5.41, 5.74) is 0.638. The molecule has 18 heavy (non-hydrogen) atoms. The topological polar surface area (TPSA) is 25.2 Å². The molecule has 1 atom stereocenters. The molecule has 1 aromatic carbocycles. The van der Waals surface area contributed by atoms with E-state index in [0.717, 1.165) is 5.76 Å². The SMILES string of the molecule is Cc1cc(F)c(C(C)NCc2ccco2)cc1F. The van der Waals surface area contributed by atoms with Crippen molar-refractivity contribution in [1.82, 2.24) is 5.32 Å². The van der Waals surface area contributed by atoms with Gasteiger partial charge in [0.1, 0.15) is 17.4 Å². The zero-order valence-electron chi connectivity index (χ0n) is 10.3. The Kier molecular flexibility index (Phi) is 3.77. The summed E-state index contributed by atoms with van der Waals surface area (Å²) in [6.45, 7) is 3.81. The van der Waals surface area contributed by atoms with Gasteiger partial charge in [-0.3, -0.25) is 0 Å². The second-order valence-corrected chi connectivity index (χ2v) is 4.30. The number of furan rings is 1. The summed E-state index contributed by atoms with van der Waals surface area (Å²) < 4.78 is 32.3. The molecule has 0 fully saturated rings. The van der Waals surface area contributed by atoms with Crippen LogP contribution in [0, 0.1) is 18.6 Å². The molecule has 1 heterocycles. The summed E-state index contributed by atoms with van der Waals surface area (Å²) in [5, 5.41) is 3.09. The third-order valence-electron chi connectivity index (χ3n) is 2.91. The molecule has 0 aliphatic carbocycles. The molecule has 0 aliphatic heterocycles. The number of halogens is 2. The lowest BCUT2D eigenvalue weighted by atomic mass is 10.0. The fraction of sp³-hybridized carbons (Fsp3) is 0.286. The summed E-state index contributed by atoms with van der Waals surface area (Å²) in [7, 11) is 0. The third kappa shape index (κ3) is 2.76. The van der Waals surface area contributed by atoms with Crippen molar-refractivity contribution in [3.63, 3.8) is 0 Å². The van der Waals surface area contributed by atoms with Crippen molar-refractivity contribution in [3.05, 3.63) is 59.1 Å². The predicted octanol–water partition coefficient (Wildman–Crippen LogP) is 3.72. The Balaban J connectivity index is 2.09. The highest BCUT2D eigenvalue weighted by molar-refractivity contribution is 5.27. The number of hydrogen-bond donors (Lipinski definition) is 1. The van der Waals surface area contributed by atoms with Crippen LogP contribution < -0.4 is 5.32 Å². The van der Waals surface area contributed by atoms with Crippen molar-refractivity contribution in [2.24, 2.45) is 0 Å². The second kappa shape index (κ2) is 5.31. The molecule has 0 amide bonds. The van der Waals surface area contributed by atoms with E-state index in [0.29, 0.717) is 17.7 Å². The van der Waals surface area contributed by atoms with Gasteiger partial charge in [0.15, 0.2) is 0 Å². The molecular formula is C14H15F2NO. The van der Waals surface area contributed by atoms with Gasteiger partial charge in [0.2, 0.25) is 0 Å². The van der Waals surface area contributed by atoms with Crippen LogP contribution in [0.15, 0.2) is 34.9 Å². The van der Waals surface area contributed by atoms with Gasteiger partial charge in [-0.2, -0.15) is 0 Å². The van der Waals surface area contributed by atoms with Crippen LogP contribution in [-0.2, 0) is 6.54 Å². The van der Waals surface area contributed by atoms with Crippen LogP contribution in [0.3, 0.4) is 0 Å². The number of rotatable bonds is 4. The van der Waals surface area contributed by atoms with Crippen molar-refractivity contribution in [1.29, 1.82) is 0 Å². The van der Waals surface area contributed by atoms with E-state index in [-0.39, 0.29) is 6.04 Å². The molecule has 1 unspecified atom stereocenters. The lowest BCUT2D eigenvalue weighted by Gasteiger charge is -2.15. The van der Waals surface area contributed by atoms with Crippen LogP contribution in [0.2, 0.25) is 0 Å². The molecule has 0 spiro atoms. The van der Waals surface area contributed by atoms with Gasteiger partial charge >= 0.3 is 0 Å². The van der Waals surface area contributed by atoms with Gasteiger partial charge in [-0.1, -0.05) is 0 Å². The highest BCUT2D eigenvalue weighted by Gasteiger charge is 2.13. The van der Waals surface area contributed by atoms with Crippen LogP contribution >= 0.6 is 0 Å². The largest absolute Gasteiger partial charge is 0.468 e. The fourth-order valence-electron chi connectivity index (χ4n) is 1.77. The van der Waals surface area contributed by atoms with Crippen molar-refractivity contribution in [3.8, 4) is 0 Å². The fourth-order valence-corrected chi connectivity index (χ4v) is 1.77. The predicted molar refractivity (Wildman–Crippen MR) is 65.1 cm³/mol. The Morgan fingerprint density at radius 1 is 1.28 bits per heavy atom. The van der Waals surface area contributed by atoms with Crippen LogP contribution in [0.25, 0.3) is 0 Å². The standard InChI is InChI=1S/C14H15F2NO/c1-9-6-14(16)12(7-13(9)15)10(2)17-8-11-4-3-5-18-11/h3-7,10,17H,8H2,1-2H3. The average molecular weight is 251 g/mol. The Bertz CT molecular complexity index is 523. The average Bonchev–Trinajstić information content (AvgIpc) is 2.84. The Hall–Kier alpha value is -1.68. The van der Waals surface area contributed by atoms with Crippen molar-refractivity contribution < 1.29 is 13.2 Å².